The number of halogens is 3. The van der Waals surface area contributed by atoms with Crippen molar-refractivity contribution >= 4 is 0 Å². The van der Waals surface area contributed by atoms with Crippen LogP contribution in [0.3, 0.4) is 0 Å². The zero-order chi connectivity index (χ0) is 8.20. The maximum absolute atomic E-state index is 11.5. The molecule has 60 valence electrons. The highest BCUT2D eigenvalue weighted by molar-refractivity contribution is 4.73. The summed E-state index contributed by atoms with van der Waals surface area (Å²) >= 11 is 0. The highest BCUT2D eigenvalue weighted by Crippen LogP contribution is 2.20. The molecule has 1 nitrogen and oxygen atoms in total. The molecule has 0 aromatic carbocycles. The molecule has 10 heavy (non-hydrogen) atoms. The van der Waals surface area contributed by atoms with E-state index in [-0.39, 0.29) is 0 Å². The van der Waals surface area contributed by atoms with E-state index in [1.165, 1.54) is 6.54 Å². The van der Waals surface area contributed by atoms with Gasteiger partial charge in [0, 0.05) is 0 Å². The van der Waals surface area contributed by atoms with Gasteiger partial charge >= 0.3 is 6.18 Å². The standard InChI is InChI=1S/C6H10F3N/c1-3-10(4-2)5-6(7,8)9/h3-4H2,1-2H3. The van der Waals surface area contributed by atoms with Crippen molar-refractivity contribution in [3.63, 3.8) is 0 Å². The summed E-state index contributed by atoms with van der Waals surface area (Å²) in [4.78, 5) is 1.08. The van der Waals surface area contributed by atoms with Gasteiger partial charge in [-0.3, -0.25) is 4.90 Å². The number of rotatable bonds is 3. The van der Waals surface area contributed by atoms with E-state index in [4.69, 9.17) is 0 Å². The molecule has 0 N–H and O–H groups in total. The van der Waals surface area contributed by atoms with Crippen molar-refractivity contribution in [1.82, 2.24) is 4.90 Å². The number of alkyl halides is 3. The van der Waals surface area contributed by atoms with E-state index in [2.05, 4.69) is 0 Å². The van der Waals surface area contributed by atoms with Gasteiger partial charge in [0.15, 0.2) is 6.54 Å². The van der Waals surface area contributed by atoms with Crippen molar-refractivity contribution in [3.8, 4) is 0 Å². The molecule has 0 fully saturated rings. The Morgan fingerprint density at radius 2 is 1.60 bits per heavy atom. The highest BCUT2D eigenvalue weighted by Gasteiger charge is 2.31. The smallest absolute Gasteiger partial charge is 0.286 e. The number of hydrogen-bond acceptors (Lipinski definition) is 1. The van der Waals surface area contributed by atoms with Crippen LogP contribution in [0.25, 0.3) is 0 Å². The molecule has 0 aromatic heterocycles. The van der Waals surface area contributed by atoms with Crippen LogP contribution in [0.1, 0.15) is 13.8 Å². The van der Waals surface area contributed by atoms with Crippen LogP contribution in [0.4, 0.5) is 13.2 Å². The van der Waals surface area contributed by atoms with Crippen LogP contribution in [0, 0.1) is 6.54 Å². The maximum Gasteiger partial charge on any atom is 0.411 e. The Morgan fingerprint density at radius 3 is 1.70 bits per heavy atom. The molecule has 0 aromatic rings. The summed E-state index contributed by atoms with van der Waals surface area (Å²) in [5, 5.41) is 0. The van der Waals surface area contributed by atoms with E-state index < -0.39 is 6.18 Å². The van der Waals surface area contributed by atoms with Crippen LogP contribution in [-0.2, 0) is 0 Å². The summed E-state index contributed by atoms with van der Waals surface area (Å²) in [6.07, 6.45) is -4.30. The largest absolute Gasteiger partial charge is 0.411 e. The summed E-state index contributed by atoms with van der Waals surface area (Å²) in [5.41, 5.74) is 0. The van der Waals surface area contributed by atoms with Crippen molar-refractivity contribution in [3.05, 3.63) is 6.54 Å². The van der Waals surface area contributed by atoms with E-state index in [1.54, 1.807) is 13.8 Å². The molecular formula is C6H10F3N. The third kappa shape index (κ3) is 4.61. The van der Waals surface area contributed by atoms with Gasteiger partial charge in [-0.15, -0.1) is 0 Å². The summed E-state index contributed by atoms with van der Waals surface area (Å²) in [6.45, 7) is 5.39. The summed E-state index contributed by atoms with van der Waals surface area (Å²) in [7, 11) is 0. The predicted molar refractivity (Wildman–Crippen MR) is 32.2 cm³/mol. The zero-order valence-electron chi connectivity index (χ0n) is 6.00. The van der Waals surface area contributed by atoms with Gasteiger partial charge in [0.1, 0.15) is 0 Å². The maximum atomic E-state index is 11.5. The average molecular weight is 153 g/mol. The third-order valence-corrected chi connectivity index (χ3v) is 1.05. The lowest BCUT2D eigenvalue weighted by atomic mass is 10.5. The van der Waals surface area contributed by atoms with Crippen LogP contribution in [0.15, 0.2) is 0 Å². The molecule has 4 heteroatoms. The van der Waals surface area contributed by atoms with Crippen molar-refractivity contribution in [2.75, 3.05) is 13.1 Å². The molecule has 0 spiro atoms. The van der Waals surface area contributed by atoms with Crippen molar-refractivity contribution in [1.29, 1.82) is 0 Å². The Balaban J connectivity index is 3.63. The van der Waals surface area contributed by atoms with E-state index >= 15 is 0 Å². The van der Waals surface area contributed by atoms with Gasteiger partial charge in [0.25, 0.3) is 0 Å². The van der Waals surface area contributed by atoms with Crippen LogP contribution in [-0.4, -0.2) is 24.2 Å². The molecule has 2 radical (unpaired) electrons. The fourth-order valence-electron chi connectivity index (χ4n) is 0.561. The fourth-order valence-corrected chi connectivity index (χ4v) is 0.561. The molecule has 0 bridgehead atoms. The first-order valence-corrected chi connectivity index (χ1v) is 3.09. The van der Waals surface area contributed by atoms with E-state index in [0.29, 0.717) is 13.1 Å². The van der Waals surface area contributed by atoms with Gasteiger partial charge in [-0.05, 0) is 13.1 Å². The SMILES string of the molecule is CCN([C]C(F)(F)F)CC. The van der Waals surface area contributed by atoms with Crippen molar-refractivity contribution < 1.29 is 13.2 Å². The lowest BCUT2D eigenvalue weighted by Gasteiger charge is -2.17. The minimum atomic E-state index is -4.30. The fraction of sp³-hybridized carbons (Fsp3) is 0.833. The molecule has 0 saturated carbocycles. The minimum absolute atomic E-state index is 0.343. The van der Waals surface area contributed by atoms with Gasteiger partial charge in [0.2, 0.25) is 0 Å². The van der Waals surface area contributed by atoms with Gasteiger partial charge in [0.05, 0.1) is 0 Å². The summed E-state index contributed by atoms with van der Waals surface area (Å²) < 4.78 is 34.6. The van der Waals surface area contributed by atoms with Crippen LogP contribution < -0.4 is 0 Å². The highest BCUT2D eigenvalue weighted by atomic mass is 19.4. The summed E-state index contributed by atoms with van der Waals surface area (Å²) in [5.74, 6) is 0. The van der Waals surface area contributed by atoms with Crippen molar-refractivity contribution in [2.24, 2.45) is 0 Å². The lowest BCUT2D eigenvalue weighted by molar-refractivity contribution is -0.116. The zero-order valence-corrected chi connectivity index (χ0v) is 6.00. The van der Waals surface area contributed by atoms with Crippen LogP contribution >= 0.6 is 0 Å². The topological polar surface area (TPSA) is 3.24 Å². The molecule has 0 unspecified atom stereocenters. The van der Waals surface area contributed by atoms with Crippen LogP contribution in [0.2, 0.25) is 0 Å². The Hall–Kier alpha value is -0.250. The molecule has 0 aliphatic carbocycles. The normalized spacial score (nSPS) is 12.6. The van der Waals surface area contributed by atoms with E-state index in [0.717, 1.165) is 4.90 Å². The van der Waals surface area contributed by atoms with Gasteiger partial charge in [-0.2, -0.15) is 13.2 Å². The van der Waals surface area contributed by atoms with E-state index in [1.807, 2.05) is 0 Å². The van der Waals surface area contributed by atoms with E-state index in [9.17, 15) is 13.2 Å². The third-order valence-electron chi connectivity index (χ3n) is 1.05. The Morgan fingerprint density at radius 1 is 1.20 bits per heavy atom. The summed E-state index contributed by atoms with van der Waals surface area (Å²) in [6, 6.07) is 0. The molecule has 0 aliphatic rings. The Bertz CT molecular complexity index is 85.5. The molecule has 0 amide bonds. The lowest BCUT2D eigenvalue weighted by Crippen LogP contribution is -2.28. The van der Waals surface area contributed by atoms with Crippen LogP contribution in [0.5, 0.6) is 0 Å². The first-order valence-electron chi connectivity index (χ1n) is 3.09. The van der Waals surface area contributed by atoms with Gasteiger partial charge < -0.3 is 0 Å². The first kappa shape index (κ1) is 9.75. The molecular weight excluding hydrogens is 143 g/mol. The number of hydrogen-bond donors (Lipinski definition) is 0. The second kappa shape index (κ2) is 3.81. The average Bonchev–Trinajstić information content (AvgIpc) is 1.81. The second-order valence-electron chi connectivity index (χ2n) is 1.78. The quantitative estimate of drug-likeness (QED) is 0.560. The predicted octanol–water partition coefficient (Wildman–Crippen LogP) is 1.93. The monoisotopic (exact) mass is 153 g/mol. The molecule has 0 aliphatic heterocycles. The molecule has 0 saturated heterocycles. The second-order valence-corrected chi connectivity index (χ2v) is 1.78. The Kier molecular flexibility index (Phi) is 3.71. The minimum Gasteiger partial charge on any atom is -0.286 e. The Labute approximate surface area is 58.8 Å². The number of nitrogens with zero attached hydrogens (tertiary/aromatic N) is 1. The first-order chi connectivity index (χ1) is 4.49. The van der Waals surface area contributed by atoms with Gasteiger partial charge in [-0.25, -0.2) is 0 Å². The molecule has 0 heterocycles. The van der Waals surface area contributed by atoms with Crippen molar-refractivity contribution in [2.45, 2.75) is 20.0 Å². The molecule has 0 atom stereocenters. The molecule has 0 rings (SSSR count). The van der Waals surface area contributed by atoms with Gasteiger partial charge in [-0.1, -0.05) is 13.8 Å².